The number of thiophene rings is 1. The van der Waals surface area contributed by atoms with Gasteiger partial charge in [0, 0.05) is 5.56 Å². The van der Waals surface area contributed by atoms with Gasteiger partial charge in [-0.05, 0) is 11.4 Å². The normalized spacial score (nSPS) is 10.6. The van der Waals surface area contributed by atoms with Crippen LogP contribution in [0.4, 0.5) is 0 Å². The first-order chi connectivity index (χ1) is 8.34. The van der Waals surface area contributed by atoms with Gasteiger partial charge in [-0.15, -0.1) is 11.3 Å². The van der Waals surface area contributed by atoms with E-state index in [4.69, 9.17) is 16.0 Å². The van der Waals surface area contributed by atoms with Crippen LogP contribution in [0.3, 0.4) is 0 Å². The van der Waals surface area contributed by atoms with Crippen molar-refractivity contribution in [3.8, 4) is 22.0 Å². The average Bonchev–Trinajstić information content (AvgIpc) is 2.98. The summed E-state index contributed by atoms with van der Waals surface area (Å²) in [5.41, 5.74) is 1.86. The van der Waals surface area contributed by atoms with Gasteiger partial charge in [0.2, 0.25) is 5.89 Å². The fourth-order valence-electron chi connectivity index (χ4n) is 1.57. The second-order valence-corrected chi connectivity index (χ2v) is 4.82. The molecule has 84 valence electrons. The van der Waals surface area contributed by atoms with Crippen molar-refractivity contribution in [2.24, 2.45) is 0 Å². The Kier molecular flexibility index (Phi) is 2.71. The summed E-state index contributed by atoms with van der Waals surface area (Å²) in [6.07, 6.45) is 1.65. The lowest BCUT2D eigenvalue weighted by Gasteiger charge is -1.92. The monoisotopic (exact) mass is 261 g/mol. The minimum Gasteiger partial charge on any atom is -0.443 e. The number of oxazole rings is 1. The molecular formula is C13H8ClNOS. The van der Waals surface area contributed by atoms with Gasteiger partial charge in [-0.3, -0.25) is 0 Å². The zero-order valence-electron chi connectivity index (χ0n) is 8.76. The first-order valence-corrected chi connectivity index (χ1v) is 6.34. The van der Waals surface area contributed by atoms with E-state index in [1.54, 1.807) is 6.26 Å². The highest BCUT2D eigenvalue weighted by Crippen LogP contribution is 2.33. The molecule has 17 heavy (non-hydrogen) atoms. The maximum absolute atomic E-state index is 6.04. The van der Waals surface area contributed by atoms with Crippen molar-refractivity contribution in [2.45, 2.75) is 0 Å². The molecule has 0 atom stereocenters. The highest BCUT2D eigenvalue weighted by Gasteiger charge is 2.12. The van der Waals surface area contributed by atoms with Gasteiger partial charge in [0.05, 0.1) is 5.02 Å². The average molecular weight is 262 g/mol. The highest BCUT2D eigenvalue weighted by molar-refractivity contribution is 7.14. The van der Waals surface area contributed by atoms with Crippen LogP contribution in [0.1, 0.15) is 0 Å². The molecule has 0 fully saturated rings. The Morgan fingerprint density at radius 2 is 1.94 bits per heavy atom. The summed E-state index contributed by atoms with van der Waals surface area (Å²) in [7, 11) is 0. The first-order valence-electron chi connectivity index (χ1n) is 5.09. The zero-order valence-corrected chi connectivity index (χ0v) is 10.3. The molecule has 2 aromatic heterocycles. The molecule has 0 aliphatic heterocycles. The second-order valence-electron chi connectivity index (χ2n) is 3.50. The highest BCUT2D eigenvalue weighted by atomic mass is 35.5. The molecule has 0 saturated heterocycles. The molecule has 1 aromatic carbocycles. The lowest BCUT2D eigenvalue weighted by molar-refractivity contribution is 0.576. The maximum atomic E-state index is 6.04. The predicted octanol–water partition coefficient (Wildman–Crippen LogP) is 4.72. The molecule has 0 radical (unpaired) electrons. The van der Waals surface area contributed by atoms with Crippen LogP contribution in [0.25, 0.3) is 22.0 Å². The van der Waals surface area contributed by atoms with Gasteiger partial charge in [0.25, 0.3) is 0 Å². The Labute approximate surface area is 108 Å². The molecule has 3 rings (SSSR count). The van der Waals surface area contributed by atoms with Crippen LogP contribution >= 0.6 is 22.9 Å². The van der Waals surface area contributed by atoms with Crippen LogP contribution in [0, 0.1) is 0 Å². The van der Waals surface area contributed by atoms with Crippen LogP contribution in [-0.2, 0) is 0 Å². The SMILES string of the molecule is Clc1ccsc1-c1nc(-c2ccccc2)co1. The number of rotatable bonds is 2. The number of hydrogen-bond acceptors (Lipinski definition) is 3. The lowest BCUT2D eigenvalue weighted by atomic mass is 10.2. The zero-order chi connectivity index (χ0) is 11.7. The van der Waals surface area contributed by atoms with Gasteiger partial charge >= 0.3 is 0 Å². The van der Waals surface area contributed by atoms with E-state index < -0.39 is 0 Å². The van der Waals surface area contributed by atoms with Gasteiger partial charge in [-0.1, -0.05) is 41.9 Å². The van der Waals surface area contributed by atoms with Crippen molar-refractivity contribution in [3.05, 3.63) is 53.1 Å². The van der Waals surface area contributed by atoms with Crippen molar-refractivity contribution in [2.75, 3.05) is 0 Å². The quantitative estimate of drug-likeness (QED) is 0.667. The topological polar surface area (TPSA) is 26.0 Å². The molecule has 2 nitrogen and oxygen atoms in total. The van der Waals surface area contributed by atoms with E-state index in [0.717, 1.165) is 16.1 Å². The number of halogens is 1. The van der Waals surface area contributed by atoms with E-state index in [-0.39, 0.29) is 0 Å². The molecule has 0 amide bonds. The first kappa shape index (κ1) is 10.6. The molecule has 0 unspecified atom stereocenters. The summed E-state index contributed by atoms with van der Waals surface area (Å²) >= 11 is 7.56. The molecule has 4 heteroatoms. The minimum atomic E-state index is 0.573. The third-order valence-electron chi connectivity index (χ3n) is 2.39. The van der Waals surface area contributed by atoms with Crippen molar-refractivity contribution in [1.29, 1.82) is 0 Å². The molecule has 2 heterocycles. The van der Waals surface area contributed by atoms with Gasteiger partial charge in [-0.25, -0.2) is 4.98 Å². The van der Waals surface area contributed by atoms with Crippen molar-refractivity contribution >= 4 is 22.9 Å². The van der Waals surface area contributed by atoms with Crippen LogP contribution < -0.4 is 0 Å². The lowest BCUT2D eigenvalue weighted by Crippen LogP contribution is -1.77. The fraction of sp³-hybridized carbons (Fsp3) is 0. The van der Waals surface area contributed by atoms with Crippen molar-refractivity contribution < 1.29 is 4.42 Å². The second kappa shape index (κ2) is 4.35. The summed E-state index contributed by atoms with van der Waals surface area (Å²) in [4.78, 5) is 5.31. The Balaban J connectivity index is 2.02. The Bertz CT molecular complexity index is 630. The summed E-state index contributed by atoms with van der Waals surface area (Å²) in [6, 6.07) is 11.8. The van der Waals surface area contributed by atoms with Gasteiger partial charge in [0.1, 0.15) is 16.8 Å². The van der Waals surface area contributed by atoms with Gasteiger partial charge < -0.3 is 4.42 Å². The summed E-state index contributed by atoms with van der Waals surface area (Å²) in [5.74, 6) is 0.573. The van der Waals surface area contributed by atoms with Crippen LogP contribution in [-0.4, -0.2) is 4.98 Å². The Hall–Kier alpha value is -1.58. The molecule has 0 N–H and O–H groups in total. The Morgan fingerprint density at radius 1 is 1.12 bits per heavy atom. The predicted molar refractivity (Wildman–Crippen MR) is 70.3 cm³/mol. The molecule has 0 spiro atoms. The Morgan fingerprint density at radius 3 is 2.65 bits per heavy atom. The van der Waals surface area contributed by atoms with E-state index in [2.05, 4.69) is 4.98 Å². The largest absolute Gasteiger partial charge is 0.443 e. The fourth-order valence-corrected chi connectivity index (χ4v) is 2.63. The number of benzene rings is 1. The van der Waals surface area contributed by atoms with Crippen LogP contribution in [0.5, 0.6) is 0 Å². The van der Waals surface area contributed by atoms with Crippen LogP contribution in [0.2, 0.25) is 5.02 Å². The van der Waals surface area contributed by atoms with E-state index in [1.807, 2.05) is 41.8 Å². The summed E-state index contributed by atoms with van der Waals surface area (Å²) in [5, 5.41) is 2.60. The van der Waals surface area contributed by atoms with Gasteiger partial charge in [-0.2, -0.15) is 0 Å². The van der Waals surface area contributed by atoms with E-state index in [1.165, 1.54) is 11.3 Å². The number of aromatic nitrogens is 1. The smallest absolute Gasteiger partial charge is 0.238 e. The minimum absolute atomic E-state index is 0.573. The van der Waals surface area contributed by atoms with Crippen molar-refractivity contribution in [3.63, 3.8) is 0 Å². The van der Waals surface area contributed by atoms with Gasteiger partial charge in [0.15, 0.2) is 0 Å². The standard InChI is InChI=1S/C13H8ClNOS/c14-10-6-7-17-12(10)13-15-11(8-16-13)9-4-2-1-3-5-9/h1-8H. The maximum Gasteiger partial charge on any atom is 0.238 e. The summed E-state index contributed by atoms with van der Waals surface area (Å²) < 4.78 is 5.46. The number of nitrogens with zero attached hydrogens (tertiary/aromatic N) is 1. The van der Waals surface area contributed by atoms with Crippen LogP contribution in [0.15, 0.2) is 52.5 Å². The molecule has 0 aliphatic carbocycles. The van der Waals surface area contributed by atoms with E-state index in [9.17, 15) is 0 Å². The number of hydrogen-bond donors (Lipinski definition) is 0. The molecular weight excluding hydrogens is 254 g/mol. The molecule has 0 bridgehead atoms. The molecule has 0 saturated carbocycles. The van der Waals surface area contributed by atoms with E-state index >= 15 is 0 Å². The molecule has 0 aliphatic rings. The molecule has 3 aromatic rings. The third kappa shape index (κ3) is 1.99. The summed E-state index contributed by atoms with van der Waals surface area (Å²) in [6.45, 7) is 0. The van der Waals surface area contributed by atoms with Crippen molar-refractivity contribution in [1.82, 2.24) is 4.98 Å². The van der Waals surface area contributed by atoms with E-state index in [0.29, 0.717) is 10.9 Å². The third-order valence-corrected chi connectivity index (χ3v) is 3.71.